The predicted molar refractivity (Wildman–Crippen MR) is 184 cm³/mol. The van der Waals surface area contributed by atoms with E-state index in [9.17, 15) is 22.6 Å². The van der Waals surface area contributed by atoms with Gasteiger partial charge in [0.25, 0.3) is 0 Å². The molecule has 15 nitrogen and oxygen atoms in total. The average Bonchev–Trinajstić information content (AvgIpc) is 3.63. The zero-order valence-corrected chi connectivity index (χ0v) is 31.7. The molecule has 16 heteroatoms. The van der Waals surface area contributed by atoms with Crippen molar-refractivity contribution in [2.75, 3.05) is 63.8 Å². The summed E-state index contributed by atoms with van der Waals surface area (Å²) in [6, 6.07) is -1.55. The number of unbranched alkanes of at least 4 members (excludes halogenated alkanes) is 4. The largest absolute Gasteiger partial charge is 0.724 e. The Kier molecular flexibility index (Phi) is 15.4. The number of hydrogen-bond acceptors (Lipinski definition) is 11. The fourth-order valence-electron chi connectivity index (χ4n) is 6.63. The van der Waals surface area contributed by atoms with Crippen molar-refractivity contribution in [1.82, 2.24) is 25.1 Å². The number of amides is 3. The molecule has 3 amide bonds. The van der Waals surface area contributed by atoms with Gasteiger partial charge in [-0.15, -0.1) is 5.10 Å². The number of nitrogens with zero attached hydrogens (tertiary/aromatic N) is 7. The fraction of sp³-hybridized carbons (Fsp3) is 0.879. The number of aromatic nitrogens is 2. The Labute approximate surface area is 293 Å². The van der Waals surface area contributed by atoms with E-state index < -0.39 is 34.1 Å². The van der Waals surface area contributed by atoms with Crippen molar-refractivity contribution in [2.45, 2.75) is 130 Å². The summed E-state index contributed by atoms with van der Waals surface area (Å²) in [6.45, 7) is 22.4. The molecule has 3 aliphatic rings. The van der Waals surface area contributed by atoms with Gasteiger partial charge >= 0.3 is 18.1 Å². The summed E-state index contributed by atoms with van der Waals surface area (Å²) in [7, 11) is -5.06. The molecular weight excluding hydrogens is 654 g/mol. The molecule has 2 atom stereocenters. The lowest BCUT2D eigenvalue weighted by molar-refractivity contribution is -0.929. The highest BCUT2D eigenvalue weighted by molar-refractivity contribution is 7.80. The van der Waals surface area contributed by atoms with Crippen LogP contribution < -0.4 is 4.90 Å². The summed E-state index contributed by atoms with van der Waals surface area (Å²) in [5.74, 6) is 0.216. The zero-order valence-electron chi connectivity index (χ0n) is 30.9. The molecule has 49 heavy (non-hydrogen) atoms. The maximum Gasteiger partial charge on any atom is 0.410 e. The number of hydrogen-bond donors (Lipinski definition) is 0. The molecule has 4 heterocycles. The van der Waals surface area contributed by atoms with Gasteiger partial charge in [-0.25, -0.2) is 18.0 Å². The van der Waals surface area contributed by atoms with Crippen molar-refractivity contribution < 1.29 is 40.5 Å². The van der Waals surface area contributed by atoms with Crippen LogP contribution in [0.2, 0.25) is 0 Å². The Balaban J connectivity index is 0.000000326. The van der Waals surface area contributed by atoms with E-state index in [1.54, 1.807) is 4.90 Å². The Morgan fingerprint density at radius 3 is 1.90 bits per heavy atom. The van der Waals surface area contributed by atoms with E-state index >= 15 is 0 Å². The Morgan fingerprint density at radius 1 is 0.898 bits per heavy atom. The van der Waals surface area contributed by atoms with Crippen LogP contribution in [-0.2, 0) is 19.4 Å². The number of carbonyl (C=O) groups is 2. The second kappa shape index (κ2) is 18.5. The van der Waals surface area contributed by atoms with Gasteiger partial charge in [0.1, 0.15) is 11.6 Å². The van der Waals surface area contributed by atoms with E-state index in [0.29, 0.717) is 44.1 Å². The summed E-state index contributed by atoms with van der Waals surface area (Å²) in [4.78, 5) is 29.6. The highest BCUT2D eigenvalue weighted by Gasteiger charge is 2.48. The maximum atomic E-state index is 12.5. The fourth-order valence-corrected chi connectivity index (χ4v) is 7.01. The topological polar surface area (TPSA) is 162 Å². The van der Waals surface area contributed by atoms with Gasteiger partial charge < -0.3 is 32.9 Å². The molecule has 0 unspecified atom stereocenters. The molecule has 3 saturated heterocycles. The number of hydroxylamine groups is 2. The number of urea groups is 1. The molecule has 282 valence electrons. The van der Waals surface area contributed by atoms with Crippen LogP contribution in [0.5, 0.6) is 0 Å². The second-order valence-corrected chi connectivity index (χ2v) is 15.5. The van der Waals surface area contributed by atoms with Crippen LogP contribution in [0.4, 0.5) is 15.6 Å². The number of quaternary nitrogens is 1. The molecular formula is C33H61N7O8S. The average molecular weight is 716 g/mol. The van der Waals surface area contributed by atoms with E-state index in [1.165, 1.54) is 86.9 Å². The van der Waals surface area contributed by atoms with Gasteiger partial charge in [-0.05, 0) is 59.3 Å². The first-order valence-electron chi connectivity index (χ1n) is 18.3. The first-order chi connectivity index (χ1) is 23.2. The number of piperazine rings is 1. The molecule has 0 N–H and O–H groups in total. The highest BCUT2D eigenvalue weighted by atomic mass is 32.3. The summed E-state index contributed by atoms with van der Waals surface area (Å²) in [5.41, 5.74) is -0.569. The lowest BCUT2D eigenvalue weighted by Crippen LogP contribution is -2.50. The minimum absolute atomic E-state index is 0.186. The van der Waals surface area contributed by atoms with Crippen molar-refractivity contribution in [3.05, 3.63) is 5.89 Å². The van der Waals surface area contributed by atoms with Gasteiger partial charge in [0, 0.05) is 32.7 Å². The lowest BCUT2D eigenvalue weighted by atomic mass is 10.0. The van der Waals surface area contributed by atoms with E-state index in [0.717, 1.165) is 0 Å². The Hall–Kier alpha value is -2.69. The molecule has 0 spiro atoms. The van der Waals surface area contributed by atoms with Crippen LogP contribution in [0.3, 0.4) is 0 Å². The van der Waals surface area contributed by atoms with Gasteiger partial charge in [0.05, 0.1) is 32.2 Å². The van der Waals surface area contributed by atoms with E-state index in [-0.39, 0.29) is 24.5 Å². The quantitative estimate of drug-likeness (QED) is 0.121. The smallest absolute Gasteiger partial charge is 0.410 e. The number of carbonyl (C=O) groups excluding carboxylic acids is 2. The summed E-state index contributed by atoms with van der Waals surface area (Å²) in [6.07, 6.45) is 11.5. The van der Waals surface area contributed by atoms with Crippen LogP contribution in [0.1, 0.15) is 125 Å². The summed E-state index contributed by atoms with van der Waals surface area (Å²) >= 11 is 0. The standard InChI is InChI=1S/C17H26N6O8S.C16H36N/c1-17(2,3)30-16(25)21-8-6-20(7-9-21)14-19-18-13(29-14)12-5-4-11-10-22(12)15(24)23(11)31-32(26,27)28;1-5-9-13-17(14-10-6-2,15-11-7-3)16-12-8-4/h11-12H,4-10H2,1-3H3,(H,26,27,28);5-16H2,1-4H3/q;+1/p-1/t11-,12+;/m1./s1. The van der Waals surface area contributed by atoms with Crippen LogP contribution in [-0.4, -0.2) is 125 Å². The van der Waals surface area contributed by atoms with Crippen molar-refractivity contribution in [3.63, 3.8) is 0 Å². The van der Waals surface area contributed by atoms with E-state index in [2.05, 4.69) is 42.2 Å². The Bertz CT molecular complexity index is 1240. The third-order valence-electron chi connectivity index (χ3n) is 9.36. The second-order valence-electron chi connectivity index (χ2n) is 14.5. The molecule has 1 aromatic heterocycles. The van der Waals surface area contributed by atoms with E-state index in [1.807, 2.05) is 25.7 Å². The van der Waals surface area contributed by atoms with Crippen molar-refractivity contribution in [2.24, 2.45) is 0 Å². The molecule has 4 rings (SSSR count). The van der Waals surface area contributed by atoms with Crippen LogP contribution in [0.15, 0.2) is 4.42 Å². The van der Waals surface area contributed by atoms with Gasteiger partial charge in [0.15, 0.2) is 0 Å². The van der Waals surface area contributed by atoms with Crippen molar-refractivity contribution in [3.8, 4) is 0 Å². The first kappa shape index (κ1) is 40.7. The van der Waals surface area contributed by atoms with Crippen molar-refractivity contribution >= 4 is 28.5 Å². The number of fused-ring (bicyclic) bond motifs is 2. The number of anilines is 1. The SMILES string of the molecule is CC(C)(C)OC(=O)N1CCN(c2nnc([C@@H]3CC[C@@H]4CN3C(=O)N4OS(=O)(=O)[O-])o2)CC1.CCCC[N+](CCCC)(CCCC)CCCC. The maximum absolute atomic E-state index is 12.5. The van der Waals surface area contributed by atoms with Gasteiger partial charge in [-0.1, -0.05) is 58.5 Å². The first-order valence-corrected chi connectivity index (χ1v) is 19.7. The van der Waals surface area contributed by atoms with Crippen LogP contribution in [0, 0.1) is 0 Å². The molecule has 3 aliphatic heterocycles. The predicted octanol–water partition coefficient (Wildman–Crippen LogP) is 5.46. The third-order valence-corrected chi connectivity index (χ3v) is 9.70. The molecule has 0 aliphatic carbocycles. The van der Waals surface area contributed by atoms with Crippen LogP contribution >= 0.6 is 0 Å². The Morgan fingerprint density at radius 2 is 1.43 bits per heavy atom. The molecule has 0 aromatic carbocycles. The van der Waals surface area contributed by atoms with Gasteiger partial charge in [-0.2, -0.15) is 9.35 Å². The normalized spacial score (nSPS) is 20.0. The lowest BCUT2D eigenvalue weighted by Gasteiger charge is -2.39. The zero-order chi connectivity index (χ0) is 36.2. The minimum atomic E-state index is -5.06. The molecule has 0 saturated carbocycles. The highest BCUT2D eigenvalue weighted by Crippen LogP contribution is 2.39. The molecule has 1 aromatic rings. The molecule has 0 radical (unpaired) electrons. The molecule has 3 fully saturated rings. The summed E-state index contributed by atoms with van der Waals surface area (Å²) < 4.78 is 49.7. The van der Waals surface area contributed by atoms with Crippen molar-refractivity contribution in [1.29, 1.82) is 0 Å². The number of rotatable bonds is 16. The monoisotopic (exact) mass is 715 g/mol. The van der Waals surface area contributed by atoms with E-state index in [4.69, 9.17) is 9.15 Å². The summed E-state index contributed by atoms with van der Waals surface area (Å²) in [5, 5.41) is 8.75. The van der Waals surface area contributed by atoms with Crippen LogP contribution in [0.25, 0.3) is 0 Å². The molecule has 2 bridgehead atoms. The number of ether oxygens (including phenoxy) is 1. The van der Waals surface area contributed by atoms with Gasteiger partial charge in [0.2, 0.25) is 16.3 Å². The van der Waals surface area contributed by atoms with Gasteiger partial charge in [-0.3, -0.25) is 0 Å². The number of piperidine rings is 1. The minimum Gasteiger partial charge on any atom is -0.724 e. The third kappa shape index (κ3) is 12.2.